The summed E-state index contributed by atoms with van der Waals surface area (Å²) in [6, 6.07) is 8.62. The van der Waals surface area contributed by atoms with Gasteiger partial charge in [-0.05, 0) is 49.8 Å². The van der Waals surface area contributed by atoms with Gasteiger partial charge in [-0.2, -0.15) is 0 Å². The van der Waals surface area contributed by atoms with E-state index in [0.717, 1.165) is 44.2 Å². The number of carbonyl (C=O) groups is 2. The number of hydrogen-bond donors (Lipinski definition) is 2. The van der Waals surface area contributed by atoms with Gasteiger partial charge >= 0.3 is 0 Å². The minimum atomic E-state index is -0.251. The van der Waals surface area contributed by atoms with E-state index in [2.05, 4.69) is 24.4 Å². The largest absolute Gasteiger partial charge is 0.353 e. The first-order chi connectivity index (χ1) is 12.1. The van der Waals surface area contributed by atoms with E-state index in [1.54, 1.807) is 4.90 Å². The van der Waals surface area contributed by atoms with Crippen molar-refractivity contribution in [2.75, 3.05) is 11.4 Å². The Morgan fingerprint density at radius 3 is 2.46 bits per heavy atom. The van der Waals surface area contributed by atoms with E-state index in [4.69, 9.17) is 5.73 Å². The molecule has 3 N–H and O–H groups in total. The van der Waals surface area contributed by atoms with Gasteiger partial charge in [0.05, 0.1) is 5.92 Å². The second kappa shape index (κ2) is 9.38. The molecule has 1 aromatic carbocycles. The lowest BCUT2D eigenvalue weighted by Gasteiger charge is -2.27. The van der Waals surface area contributed by atoms with Crippen molar-refractivity contribution in [1.29, 1.82) is 0 Å². The third-order valence-corrected chi connectivity index (χ3v) is 5.40. The molecule has 1 aromatic rings. The summed E-state index contributed by atoms with van der Waals surface area (Å²) in [6.07, 6.45) is 6.26. The predicted octanol–water partition coefficient (Wildman–Crippen LogP) is 2.80. The minimum absolute atomic E-state index is 0. The van der Waals surface area contributed by atoms with Gasteiger partial charge < -0.3 is 16.0 Å². The van der Waals surface area contributed by atoms with Crippen molar-refractivity contribution < 1.29 is 9.59 Å². The highest BCUT2D eigenvalue weighted by Gasteiger charge is 2.36. The zero-order valence-corrected chi connectivity index (χ0v) is 16.3. The molecule has 2 amide bonds. The van der Waals surface area contributed by atoms with Crippen molar-refractivity contribution in [3.8, 4) is 0 Å². The van der Waals surface area contributed by atoms with Gasteiger partial charge in [0, 0.05) is 30.7 Å². The Bertz CT molecular complexity index is 612. The molecular weight excluding hydrogens is 350 g/mol. The summed E-state index contributed by atoms with van der Waals surface area (Å²) in [5, 5.41) is 3.13. The predicted molar refractivity (Wildman–Crippen MR) is 107 cm³/mol. The highest BCUT2D eigenvalue weighted by atomic mass is 35.5. The van der Waals surface area contributed by atoms with Gasteiger partial charge in [-0.15, -0.1) is 12.4 Å². The quantitative estimate of drug-likeness (QED) is 0.825. The molecule has 1 saturated heterocycles. The van der Waals surface area contributed by atoms with E-state index in [-0.39, 0.29) is 42.2 Å². The number of rotatable bonds is 5. The Morgan fingerprint density at radius 1 is 1.19 bits per heavy atom. The highest BCUT2D eigenvalue weighted by Crippen LogP contribution is 2.26. The Balaban J connectivity index is 0.00000243. The minimum Gasteiger partial charge on any atom is -0.353 e. The molecular formula is C20H30ClN3O2. The lowest BCUT2D eigenvalue weighted by molar-refractivity contribution is -0.127. The van der Waals surface area contributed by atoms with Crippen molar-refractivity contribution in [2.45, 2.75) is 64.0 Å². The molecule has 144 valence electrons. The average Bonchev–Trinajstić information content (AvgIpc) is 3.00. The van der Waals surface area contributed by atoms with Crippen LogP contribution in [-0.4, -0.2) is 30.4 Å². The standard InChI is InChI=1S/C20H29N3O2.ClH/c1-2-3-14-4-10-18(11-5-14)23-13-15(12-19(23)24)20(25)22-17-8-6-16(21)7-9-17;/h4-5,10-11,15-17H,2-3,6-9,12-13,21H2,1H3,(H,22,25);1H. The van der Waals surface area contributed by atoms with Crippen LogP contribution in [0, 0.1) is 5.92 Å². The van der Waals surface area contributed by atoms with E-state index < -0.39 is 0 Å². The normalized spacial score (nSPS) is 25.7. The number of amides is 2. The molecule has 1 aliphatic carbocycles. The van der Waals surface area contributed by atoms with Gasteiger partial charge in [0.25, 0.3) is 0 Å². The number of nitrogens with one attached hydrogen (secondary N) is 1. The molecule has 1 saturated carbocycles. The third-order valence-electron chi connectivity index (χ3n) is 5.40. The summed E-state index contributed by atoms with van der Waals surface area (Å²) >= 11 is 0. The van der Waals surface area contributed by atoms with Gasteiger partial charge in [0.2, 0.25) is 11.8 Å². The Hall–Kier alpha value is -1.59. The first-order valence-corrected chi connectivity index (χ1v) is 9.52. The maximum atomic E-state index is 12.5. The van der Waals surface area contributed by atoms with Crippen LogP contribution in [0.25, 0.3) is 0 Å². The fraction of sp³-hybridized carbons (Fsp3) is 0.600. The molecule has 0 spiro atoms. The maximum Gasteiger partial charge on any atom is 0.227 e. The molecule has 0 bridgehead atoms. The summed E-state index contributed by atoms with van der Waals surface area (Å²) < 4.78 is 0. The number of hydrogen-bond acceptors (Lipinski definition) is 3. The molecule has 26 heavy (non-hydrogen) atoms. The Labute approximate surface area is 162 Å². The number of anilines is 1. The first-order valence-electron chi connectivity index (χ1n) is 9.52. The molecule has 1 unspecified atom stereocenters. The van der Waals surface area contributed by atoms with Crippen LogP contribution in [0.4, 0.5) is 5.69 Å². The van der Waals surface area contributed by atoms with Crippen LogP contribution in [0.1, 0.15) is 51.0 Å². The molecule has 2 aliphatic rings. The second-order valence-corrected chi connectivity index (χ2v) is 7.44. The summed E-state index contributed by atoms with van der Waals surface area (Å²) in [4.78, 5) is 26.6. The van der Waals surface area contributed by atoms with Crippen molar-refractivity contribution in [3.63, 3.8) is 0 Å². The first kappa shape index (κ1) is 20.7. The van der Waals surface area contributed by atoms with Gasteiger partial charge in [-0.25, -0.2) is 0 Å². The number of aryl methyl sites for hydroxylation is 1. The number of halogens is 1. The molecule has 6 heteroatoms. The zero-order chi connectivity index (χ0) is 17.8. The van der Waals surface area contributed by atoms with Crippen molar-refractivity contribution in [2.24, 2.45) is 11.7 Å². The van der Waals surface area contributed by atoms with Crippen LogP contribution < -0.4 is 16.0 Å². The van der Waals surface area contributed by atoms with Crippen molar-refractivity contribution in [1.82, 2.24) is 5.32 Å². The number of nitrogens with zero attached hydrogens (tertiary/aromatic N) is 1. The third kappa shape index (κ3) is 4.98. The number of benzene rings is 1. The number of nitrogens with two attached hydrogens (primary N) is 1. The van der Waals surface area contributed by atoms with E-state index in [0.29, 0.717) is 13.0 Å². The molecule has 3 rings (SSSR count). The lowest BCUT2D eigenvalue weighted by Crippen LogP contribution is -2.43. The summed E-state index contributed by atoms with van der Waals surface area (Å²) in [5.74, 6) is -0.202. The van der Waals surface area contributed by atoms with Gasteiger partial charge in [-0.1, -0.05) is 25.5 Å². The topological polar surface area (TPSA) is 75.4 Å². The molecule has 0 radical (unpaired) electrons. The maximum absolute atomic E-state index is 12.5. The Kier molecular flexibility index (Phi) is 7.47. The monoisotopic (exact) mass is 379 g/mol. The van der Waals surface area contributed by atoms with Crippen molar-refractivity contribution in [3.05, 3.63) is 29.8 Å². The summed E-state index contributed by atoms with van der Waals surface area (Å²) in [5.41, 5.74) is 8.09. The van der Waals surface area contributed by atoms with E-state index in [1.807, 2.05) is 12.1 Å². The highest BCUT2D eigenvalue weighted by molar-refractivity contribution is 6.00. The summed E-state index contributed by atoms with van der Waals surface area (Å²) in [6.45, 7) is 2.63. The molecule has 1 heterocycles. The van der Waals surface area contributed by atoms with Crippen LogP contribution in [-0.2, 0) is 16.0 Å². The van der Waals surface area contributed by atoms with Gasteiger partial charge in [0.15, 0.2) is 0 Å². The SMILES string of the molecule is CCCc1ccc(N2CC(C(=O)NC3CCC(N)CC3)CC2=O)cc1.Cl. The van der Waals surface area contributed by atoms with E-state index in [1.165, 1.54) is 5.56 Å². The van der Waals surface area contributed by atoms with Crippen LogP contribution in [0.15, 0.2) is 24.3 Å². The molecule has 2 fully saturated rings. The molecule has 1 atom stereocenters. The Morgan fingerprint density at radius 2 is 1.85 bits per heavy atom. The van der Waals surface area contributed by atoms with Crippen LogP contribution in [0.3, 0.4) is 0 Å². The summed E-state index contributed by atoms with van der Waals surface area (Å²) in [7, 11) is 0. The molecule has 1 aliphatic heterocycles. The van der Waals surface area contributed by atoms with Gasteiger partial charge in [0.1, 0.15) is 0 Å². The van der Waals surface area contributed by atoms with Crippen LogP contribution in [0.2, 0.25) is 0 Å². The molecule has 0 aromatic heterocycles. The fourth-order valence-corrected chi connectivity index (χ4v) is 3.85. The van der Waals surface area contributed by atoms with E-state index in [9.17, 15) is 9.59 Å². The number of carbonyl (C=O) groups excluding carboxylic acids is 2. The smallest absolute Gasteiger partial charge is 0.227 e. The van der Waals surface area contributed by atoms with Crippen LogP contribution >= 0.6 is 12.4 Å². The molecule has 5 nitrogen and oxygen atoms in total. The fourth-order valence-electron chi connectivity index (χ4n) is 3.85. The lowest BCUT2D eigenvalue weighted by atomic mass is 9.91. The average molecular weight is 380 g/mol. The second-order valence-electron chi connectivity index (χ2n) is 7.44. The van der Waals surface area contributed by atoms with Crippen LogP contribution in [0.5, 0.6) is 0 Å². The van der Waals surface area contributed by atoms with E-state index >= 15 is 0 Å². The zero-order valence-electron chi connectivity index (χ0n) is 15.4. The van der Waals surface area contributed by atoms with Gasteiger partial charge in [-0.3, -0.25) is 9.59 Å². The van der Waals surface area contributed by atoms with Crippen molar-refractivity contribution >= 4 is 29.9 Å².